The van der Waals surface area contributed by atoms with E-state index < -0.39 is 0 Å². The molecule has 1 unspecified atom stereocenters. The summed E-state index contributed by atoms with van der Waals surface area (Å²) in [7, 11) is 0. The van der Waals surface area contributed by atoms with Crippen LogP contribution >= 0.6 is 0 Å². The summed E-state index contributed by atoms with van der Waals surface area (Å²) in [5.41, 5.74) is 5.66. The van der Waals surface area contributed by atoms with Crippen LogP contribution in [-0.2, 0) is 0 Å². The van der Waals surface area contributed by atoms with Crippen LogP contribution in [0.15, 0.2) is 18.3 Å². The van der Waals surface area contributed by atoms with Gasteiger partial charge in [-0.25, -0.2) is 4.98 Å². The average molecular weight is 265 g/mol. The van der Waals surface area contributed by atoms with Crippen molar-refractivity contribution in [2.24, 2.45) is 11.7 Å². The Morgan fingerprint density at radius 3 is 2.84 bits per heavy atom. The average Bonchev–Trinajstić information content (AvgIpc) is 2.44. The first kappa shape index (κ1) is 15.8. The zero-order valence-corrected chi connectivity index (χ0v) is 12.2. The number of rotatable bonds is 10. The van der Waals surface area contributed by atoms with E-state index in [0.717, 1.165) is 44.1 Å². The highest BCUT2D eigenvalue weighted by Crippen LogP contribution is 2.22. The second-order valence-electron chi connectivity index (χ2n) is 4.81. The van der Waals surface area contributed by atoms with Crippen molar-refractivity contribution in [3.8, 4) is 5.75 Å². The Kier molecular flexibility index (Phi) is 7.98. The number of nitrogens with zero attached hydrogens (tertiary/aromatic N) is 1. The van der Waals surface area contributed by atoms with Crippen molar-refractivity contribution >= 4 is 5.82 Å². The summed E-state index contributed by atoms with van der Waals surface area (Å²) >= 11 is 0. The highest BCUT2D eigenvalue weighted by molar-refractivity contribution is 5.49. The van der Waals surface area contributed by atoms with Crippen LogP contribution in [0.3, 0.4) is 0 Å². The van der Waals surface area contributed by atoms with E-state index >= 15 is 0 Å². The number of nitrogens with two attached hydrogens (primary N) is 1. The molecule has 0 radical (unpaired) electrons. The predicted molar refractivity (Wildman–Crippen MR) is 80.6 cm³/mol. The molecule has 0 saturated carbocycles. The maximum atomic E-state index is 5.69. The smallest absolute Gasteiger partial charge is 0.168 e. The maximum absolute atomic E-state index is 5.69. The lowest BCUT2D eigenvalue weighted by Gasteiger charge is -2.17. The molecular weight excluding hydrogens is 238 g/mol. The Bertz CT molecular complexity index is 338. The molecule has 0 aliphatic heterocycles. The number of pyridine rings is 1. The third-order valence-corrected chi connectivity index (χ3v) is 3.06. The van der Waals surface area contributed by atoms with Crippen LogP contribution in [0.1, 0.15) is 39.5 Å². The van der Waals surface area contributed by atoms with Crippen molar-refractivity contribution in [2.45, 2.75) is 39.5 Å². The van der Waals surface area contributed by atoms with E-state index in [1.54, 1.807) is 6.20 Å². The number of ether oxygens (including phenoxy) is 1. The van der Waals surface area contributed by atoms with E-state index in [1.807, 2.05) is 12.1 Å². The molecule has 0 amide bonds. The Morgan fingerprint density at radius 1 is 1.32 bits per heavy atom. The molecule has 108 valence electrons. The molecule has 0 bridgehead atoms. The number of aromatic nitrogens is 1. The van der Waals surface area contributed by atoms with Gasteiger partial charge in [-0.1, -0.05) is 20.3 Å². The topological polar surface area (TPSA) is 60.2 Å². The normalized spacial score (nSPS) is 12.2. The van der Waals surface area contributed by atoms with Gasteiger partial charge in [-0.15, -0.1) is 0 Å². The summed E-state index contributed by atoms with van der Waals surface area (Å²) in [5.74, 6) is 2.29. The molecule has 0 aromatic carbocycles. The molecule has 0 spiro atoms. The van der Waals surface area contributed by atoms with Crippen LogP contribution < -0.4 is 15.8 Å². The second kappa shape index (κ2) is 9.62. The van der Waals surface area contributed by atoms with Gasteiger partial charge in [0.1, 0.15) is 0 Å². The van der Waals surface area contributed by atoms with Crippen molar-refractivity contribution in [1.82, 2.24) is 4.98 Å². The van der Waals surface area contributed by atoms with E-state index in [0.29, 0.717) is 5.92 Å². The van der Waals surface area contributed by atoms with Gasteiger partial charge in [0.2, 0.25) is 0 Å². The molecule has 4 heteroatoms. The summed E-state index contributed by atoms with van der Waals surface area (Å²) in [6.45, 7) is 6.68. The van der Waals surface area contributed by atoms with Crippen molar-refractivity contribution in [1.29, 1.82) is 0 Å². The van der Waals surface area contributed by atoms with Crippen LogP contribution in [0.25, 0.3) is 0 Å². The Hall–Kier alpha value is -1.29. The molecule has 0 aliphatic rings. The quantitative estimate of drug-likeness (QED) is 0.682. The lowest BCUT2D eigenvalue weighted by Crippen LogP contribution is -2.19. The summed E-state index contributed by atoms with van der Waals surface area (Å²) < 4.78 is 5.69. The third kappa shape index (κ3) is 5.92. The van der Waals surface area contributed by atoms with Gasteiger partial charge in [0.15, 0.2) is 11.6 Å². The summed E-state index contributed by atoms with van der Waals surface area (Å²) in [5, 5.41) is 3.40. The molecule has 0 fully saturated rings. The van der Waals surface area contributed by atoms with Gasteiger partial charge >= 0.3 is 0 Å². The van der Waals surface area contributed by atoms with Crippen molar-refractivity contribution in [2.75, 3.05) is 25.0 Å². The van der Waals surface area contributed by atoms with E-state index in [9.17, 15) is 0 Å². The third-order valence-electron chi connectivity index (χ3n) is 3.06. The lowest BCUT2D eigenvalue weighted by atomic mass is 10.00. The largest absolute Gasteiger partial charge is 0.490 e. The Morgan fingerprint density at radius 2 is 2.16 bits per heavy atom. The zero-order chi connectivity index (χ0) is 13.9. The fourth-order valence-corrected chi connectivity index (χ4v) is 2.09. The van der Waals surface area contributed by atoms with Gasteiger partial charge in [0.25, 0.3) is 0 Å². The van der Waals surface area contributed by atoms with Gasteiger partial charge in [0, 0.05) is 12.7 Å². The minimum absolute atomic E-state index is 0.607. The molecule has 0 saturated heterocycles. The summed E-state index contributed by atoms with van der Waals surface area (Å²) in [6, 6.07) is 3.86. The van der Waals surface area contributed by atoms with E-state index in [1.165, 1.54) is 12.8 Å². The molecular formula is C15H27N3O. The van der Waals surface area contributed by atoms with E-state index in [4.69, 9.17) is 10.5 Å². The number of hydrogen-bond acceptors (Lipinski definition) is 4. The SMILES string of the molecule is CCCOc1cccnc1NCC(CCC)CCN. The lowest BCUT2D eigenvalue weighted by molar-refractivity contribution is 0.317. The molecule has 1 heterocycles. The first-order valence-electron chi connectivity index (χ1n) is 7.33. The first-order chi connectivity index (χ1) is 9.31. The first-order valence-corrected chi connectivity index (χ1v) is 7.33. The van der Waals surface area contributed by atoms with Crippen LogP contribution in [0.4, 0.5) is 5.82 Å². The van der Waals surface area contributed by atoms with Gasteiger partial charge in [-0.05, 0) is 43.9 Å². The van der Waals surface area contributed by atoms with Crippen molar-refractivity contribution in [3.05, 3.63) is 18.3 Å². The number of nitrogens with one attached hydrogen (secondary N) is 1. The van der Waals surface area contributed by atoms with E-state index in [-0.39, 0.29) is 0 Å². The molecule has 0 aliphatic carbocycles. The van der Waals surface area contributed by atoms with Crippen LogP contribution in [0.2, 0.25) is 0 Å². The molecule has 19 heavy (non-hydrogen) atoms. The van der Waals surface area contributed by atoms with Gasteiger partial charge in [-0.2, -0.15) is 0 Å². The molecule has 1 atom stereocenters. The van der Waals surface area contributed by atoms with Crippen molar-refractivity contribution < 1.29 is 4.74 Å². The standard InChI is InChI=1S/C15H27N3O/c1-3-6-13(8-9-16)12-18-15-14(19-11-4-2)7-5-10-17-15/h5,7,10,13H,3-4,6,8-9,11-12,16H2,1-2H3,(H,17,18). The van der Waals surface area contributed by atoms with Crippen LogP contribution in [0, 0.1) is 5.92 Å². The van der Waals surface area contributed by atoms with E-state index in [2.05, 4.69) is 24.1 Å². The second-order valence-corrected chi connectivity index (χ2v) is 4.81. The number of anilines is 1. The molecule has 4 nitrogen and oxygen atoms in total. The van der Waals surface area contributed by atoms with Gasteiger partial charge in [0.05, 0.1) is 6.61 Å². The molecule has 1 aromatic rings. The Labute approximate surface area is 116 Å². The molecule has 1 aromatic heterocycles. The van der Waals surface area contributed by atoms with Gasteiger partial charge < -0.3 is 15.8 Å². The predicted octanol–water partition coefficient (Wildman–Crippen LogP) is 3.05. The Balaban J connectivity index is 2.54. The summed E-state index contributed by atoms with van der Waals surface area (Å²) in [4.78, 5) is 4.36. The maximum Gasteiger partial charge on any atom is 0.168 e. The van der Waals surface area contributed by atoms with Gasteiger partial charge in [-0.3, -0.25) is 0 Å². The fraction of sp³-hybridized carbons (Fsp3) is 0.667. The van der Waals surface area contributed by atoms with Crippen molar-refractivity contribution in [3.63, 3.8) is 0 Å². The highest BCUT2D eigenvalue weighted by Gasteiger charge is 2.09. The highest BCUT2D eigenvalue weighted by atomic mass is 16.5. The van der Waals surface area contributed by atoms with Crippen LogP contribution in [0.5, 0.6) is 5.75 Å². The minimum atomic E-state index is 0.607. The number of hydrogen-bond donors (Lipinski definition) is 2. The minimum Gasteiger partial charge on any atom is -0.490 e. The monoisotopic (exact) mass is 265 g/mol. The molecule has 1 rings (SSSR count). The van der Waals surface area contributed by atoms with Crippen LogP contribution in [-0.4, -0.2) is 24.7 Å². The molecule has 3 N–H and O–H groups in total. The zero-order valence-electron chi connectivity index (χ0n) is 12.2. The fourth-order valence-electron chi connectivity index (χ4n) is 2.09. The summed E-state index contributed by atoms with van der Waals surface area (Å²) in [6.07, 6.45) is 6.23.